The molecule has 1 amide bonds. The van der Waals surface area contributed by atoms with E-state index in [4.69, 9.17) is 10.5 Å². The molecule has 1 aromatic rings. The maximum absolute atomic E-state index is 12.6. The van der Waals surface area contributed by atoms with Gasteiger partial charge in [0.1, 0.15) is 6.04 Å². The van der Waals surface area contributed by atoms with E-state index in [1.165, 1.54) is 12.1 Å². The lowest BCUT2D eigenvalue weighted by molar-refractivity contribution is -0.137. The first-order chi connectivity index (χ1) is 9.80. The maximum atomic E-state index is 12.6. The Morgan fingerprint density at radius 1 is 1.36 bits per heavy atom. The largest absolute Gasteiger partial charge is 0.416 e. The van der Waals surface area contributed by atoms with Crippen molar-refractivity contribution in [2.75, 3.05) is 19.8 Å². The molecule has 0 saturated carbocycles. The molecule has 22 heavy (non-hydrogen) atoms. The molecule has 1 fully saturated rings. The smallest absolute Gasteiger partial charge is 0.378 e. The van der Waals surface area contributed by atoms with Gasteiger partial charge in [-0.25, -0.2) is 0 Å². The molecule has 0 aliphatic carbocycles. The van der Waals surface area contributed by atoms with Gasteiger partial charge in [0.2, 0.25) is 5.91 Å². The quantitative estimate of drug-likeness (QED) is 0.920. The summed E-state index contributed by atoms with van der Waals surface area (Å²) in [4.78, 5) is 13.3. The highest BCUT2D eigenvalue weighted by molar-refractivity contribution is 5.85. The summed E-state index contributed by atoms with van der Waals surface area (Å²) in [7, 11) is 0. The summed E-state index contributed by atoms with van der Waals surface area (Å²) in [5.41, 5.74) is 5.36. The predicted molar refractivity (Wildman–Crippen MR) is 77.6 cm³/mol. The fourth-order valence-corrected chi connectivity index (χ4v) is 2.47. The summed E-state index contributed by atoms with van der Waals surface area (Å²) in [6, 6.07) is 4.18. The number of carbonyl (C=O) groups is 1. The van der Waals surface area contributed by atoms with Crippen LogP contribution in [-0.4, -0.2) is 36.6 Å². The van der Waals surface area contributed by atoms with Gasteiger partial charge < -0.3 is 10.5 Å². The van der Waals surface area contributed by atoms with E-state index in [1.807, 2.05) is 11.8 Å². The zero-order valence-corrected chi connectivity index (χ0v) is 12.8. The molecule has 1 aliphatic rings. The van der Waals surface area contributed by atoms with Crippen LogP contribution in [0.15, 0.2) is 24.3 Å². The number of carbonyl (C=O) groups excluding carboxylic acids is 1. The lowest BCUT2D eigenvalue weighted by Crippen LogP contribution is -2.53. The van der Waals surface area contributed by atoms with Crippen molar-refractivity contribution in [3.63, 3.8) is 0 Å². The minimum atomic E-state index is -4.35. The van der Waals surface area contributed by atoms with Crippen LogP contribution < -0.4 is 5.73 Å². The zero-order chi connectivity index (χ0) is 15.6. The molecule has 2 N–H and O–H groups in total. The number of hydrogen-bond acceptors (Lipinski definition) is 3. The number of alkyl halides is 3. The van der Waals surface area contributed by atoms with E-state index >= 15 is 0 Å². The average molecular weight is 339 g/mol. The number of nitrogens with two attached hydrogens (primary N) is 1. The van der Waals surface area contributed by atoms with E-state index in [9.17, 15) is 18.0 Å². The summed E-state index contributed by atoms with van der Waals surface area (Å²) in [6.07, 6.45) is -4.35. The lowest BCUT2D eigenvalue weighted by atomic mass is 10.0. The molecule has 8 heteroatoms. The van der Waals surface area contributed by atoms with Crippen molar-refractivity contribution in [1.82, 2.24) is 4.90 Å². The van der Waals surface area contributed by atoms with Crippen LogP contribution in [0, 0.1) is 0 Å². The summed E-state index contributed by atoms with van der Waals surface area (Å²) >= 11 is 0. The van der Waals surface area contributed by atoms with Crippen LogP contribution in [0.25, 0.3) is 0 Å². The van der Waals surface area contributed by atoms with Gasteiger partial charge in [0.15, 0.2) is 0 Å². The van der Waals surface area contributed by atoms with E-state index in [1.54, 1.807) is 0 Å². The van der Waals surface area contributed by atoms with E-state index in [0.29, 0.717) is 18.7 Å². The van der Waals surface area contributed by atoms with Gasteiger partial charge in [-0.05, 0) is 24.6 Å². The molecule has 0 spiro atoms. The Morgan fingerprint density at radius 3 is 2.45 bits per heavy atom. The summed E-state index contributed by atoms with van der Waals surface area (Å²) in [5, 5.41) is 0. The molecule has 2 rings (SSSR count). The van der Waals surface area contributed by atoms with Crippen molar-refractivity contribution in [3.05, 3.63) is 35.4 Å². The normalized spacial score (nSPS) is 21.0. The van der Waals surface area contributed by atoms with E-state index in [2.05, 4.69) is 0 Å². The van der Waals surface area contributed by atoms with Crippen molar-refractivity contribution in [3.8, 4) is 0 Å². The topological polar surface area (TPSA) is 55.6 Å². The van der Waals surface area contributed by atoms with Gasteiger partial charge in [-0.1, -0.05) is 12.1 Å². The highest BCUT2D eigenvalue weighted by Gasteiger charge is 2.33. The second-order valence-electron chi connectivity index (χ2n) is 5.03. The van der Waals surface area contributed by atoms with Crippen molar-refractivity contribution in [1.29, 1.82) is 0 Å². The Kier molecular flexibility index (Phi) is 6.22. The third kappa shape index (κ3) is 4.12. The van der Waals surface area contributed by atoms with Crippen molar-refractivity contribution < 1.29 is 22.7 Å². The zero-order valence-electron chi connectivity index (χ0n) is 12.0. The summed E-state index contributed by atoms with van der Waals surface area (Å²) < 4.78 is 42.9. The summed E-state index contributed by atoms with van der Waals surface area (Å²) in [5.74, 6) is -0.492. The fourth-order valence-electron chi connectivity index (χ4n) is 2.47. The summed E-state index contributed by atoms with van der Waals surface area (Å²) in [6.45, 7) is 3.02. The molecule has 0 aromatic heterocycles. The molecule has 0 radical (unpaired) electrons. The van der Waals surface area contributed by atoms with E-state index < -0.39 is 23.7 Å². The SMILES string of the molecule is C[C@H](c1ccc(C(F)(F)F)cc1)N1CCOCC1C(N)=O.Cl. The van der Waals surface area contributed by atoms with Gasteiger partial charge >= 0.3 is 6.18 Å². The number of amides is 1. The van der Waals surface area contributed by atoms with Crippen molar-refractivity contribution in [2.45, 2.75) is 25.2 Å². The Balaban J connectivity index is 0.00000242. The van der Waals surface area contributed by atoms with Crippen LogP contribution in [-0.2, 0) is 15.7 Å². The van der Waals surface area contributed by atoms with E-state index in [-0.39, 0.29) is 25.1 Å². The monoisotopic (exact) mass is 338 g/mol. The van der Waals surface area contributed by atoms with Crippen LogP contribution in [0.4, 0.5) is 13.2 Å². The third-order valence-electron chi connectivity index (χ3n) is 3.72. The van der Waals surface area contributed by atoms with Crippen LogP contribution in [0.2, 0.25) is 0 Å². The number of nitrogens with zero attached hydrogens (tertiary/aromatic N) is 1. The van der Waals surface area contributed by atoms with Crippen LogP contribution in [0.3, 0.4) is 0 Å². The molecule has 1 aliphatic heterocycles. The molecule has 1 heterocycles. The van der Waals surface area contributed by atoms with E-state index in [0.717, 1.165) is 12.1 Å². The minimum absolute atomic E-state index is 0. The molecule has 0 bridgehead atoms. The minimum Gasteiger partial charge on any atom is -0.378 e. The number of rotatable bonds is 3. The lowest BCUT2D eigenvalue weighted by Gasteiger charge is -2.38. The second kappa shape index (κ2) is 7.30. The highest BCUT2D eigenvalue weighted by atomic mass is 35.5. The van der Waals surface area contributed by atoms with Crippen LogP contribution in [0.5, 0.6) is 0 Å². The highest BCUT2D eigenvalue weighted by Crippen LogP contribution is 2.31. The van der Waals surface area contributed by atoms with Crippen molar-refractivity contribution in [2.24, 2.45) is 5.73 Å². The third-order valence-corrected chi connectivity index (χ3v) is 3.72. The first-order valence-electron chi connectivity index (χ1n) is 6.60. The predicted octanol–water partition coefficient (Wildman–Crippen LogP) is 2.37. The van der Waals surface area contributed by atoms with Gasteiger partial charge in [-0.15, -0.1) is 12.4 Å². The molecule has 1 saturated heterocycles. The first kappa shape index (κ1) is 18.7. The Labute approximate surface area is 132 Å². The molecule has 2 atom stereocenters. The van der Waals surface area contributed by atoms with Gasteiger partial charge in [0, 0.05) is 12.6 Å². The molecule has 4 nitrogen and oxygen atoms in total. The second-order valence-corrected chi connectivity index (χ2v) is 5.03. The number of ether oxygens (including phenoxy) is 1. The fraction of sp³-hybridized carbons (Fsp3) is 0.500. The number of hydrogen-bond donors (Lipinski definition) is 1. The van der Waals surface area contributed by atoms with Crippen LogP contribution in [0.1, 0.15) is 24.1 Å². The van der Waals surface area contributed by atoms with Gasteiger partial charge in [0.25, 0.3) is 0 Å². The number of benzene rings is 1. The molecule has 124 valence electrons. The van der Waals surface area contributed by atoms with Crippen LogP contribution >= 0.6 is 12.4 Å². The molecule has 1 unspecified atom stereocenters. The number of halogens is 4. The molecular formula is C14H18ClF3N2O2. The standard InChI is InChI=1S/C14H17F3N2O2.ClH/c1-9(19-6-7-21-8-12(19)13(18)20)10-2-4-11(5-3-10)14(15,16)17;/h2-5,9,12H,6-8H2,1H3,(H2,18,20);1H/t9-,12?;/m1./s1. The van der Waals surface area contributed by atoms with Gasteiger partial charge in [-0.2, -0.15) is 13.2 Å². The Bertz CT molecular complexity index is 508. The average Bonchev–Trinajstić information content (AvgIpc) is 2.45. The molecule has 1 aromatic carbocycles. The Morgan fingerprint density at radius 2 is 1.95 bits per heavy atom. The Hall–Kier alpha value is -1.31. The number of primary amides is 1. The van der Waals surface area contributed by atoms with Gasteiger partial charge in [-0.3, -0.25) is 9.69 Å². The van der Waals surface area contributed by atoms with Crippen molar-refractivity contribution >= 4 is 18.3 Å². The molecular weight excluding hydrogens is 321 g/mol. The van der Waals surface area contributed by atoms with Gasteiger partial charge in [0.05, 0.1) is 18.8 Å². The maximum Gasteiger partial charge on any atom is 0.416 e. The first-order valence-corrected chi connectivity index (χ1v) is 6.60. The number of morpholine rings is 1.